The van der Waals surface area contributed by atoms with Crippen molar-refractivity contribution >= 4 is 15.9 Å². The molecule has 0 radical (unpaired) electrons. The van der Waals surface area contributed by atoms with Crippen molar-refractivity contribution in [2.24, 2.45) is 0 Å². The van der Waals surface area contributed by atoms with E-state index in [1.165, 1.54) is 22.0 Å². The molecule has 1 N–H and O–H groups in total. The molecule has 106 valence electrons. The van der Waals surface area contributed by atoms with E-state index in [1.807, 2.05) is 0 Å². The monoisotopic (exact) mass is 331 g/mol. The van der Waals surface area contributed by atoms with Crippen LogP contribution in [0.1, 0.15) is 36.9 Å². The van der Waals surface area contributed by atoms with Crippen LogP contribution in [0, 0.1) is 0 Å². The van der Waals surface area contributed by atoms with E-state index in [2.05, 4.69) is 82.8 Å². The minimum atomic E-state index is 0.430. The van der Waals surface area contributed by atoms with Crippen LogP contribution in [0.15, 0.2) is 59.1 Å². The Morgan fingerprint density at radius 2 is 1.70 bits per heavy atom. The lowest BCUT2D eigenvalue weighted by Gasteiger charge is -2.19. The molecule has 2 rings (SSSR count). The van der Waals surface area contributed by atoms with Crippen LogP contribution in [-0.2, 0) is 6.42 Å². The number of nitrogens with one attached hydrogen (secondary N) is 1. The molecule has 0 aliphatic heterocycles. The number of hydrogen-bond donors (Lipinski definition) is 1. The molecule has 1 unspecified atom stereocenters. The second-order valence-corrected chi connectivity index (χ2v) is 5.86. The van der Waals surface area contributed by atoms with E-state index in [9.17, 15) is 0 Å². The molecule has 1 nitrogen and oxygen atoms in total. The van der Waals surface area contributed by atoms with Gasteiger partial charge in [-0.05, 0) is 43.0 Å². The van der Waals surface area contributed by atoms with Crippen molar-refractivity contribution in [3.63, 3.8) is 0 Å². The van der Waals surface area contributed by atoms with E-state index in [1.54, 1.807) is 0 Å². The van der Waals surface area contributed by atoms with E-state index in [4.69, 9.17) is 0 Å². The van der Waals surface area contributed by atoms with Gasteiger partial charge in [0.1, 0.15) is 0 Å². The van der Waals surface area contributed by atoms with Gasteiger partial charge in [0.15, 0.2) is 0 Å². The number of rotatable bonds is 7. The van der Waals surface area contributed by atoms with E-state index in [-0.39, 0.29) is 0 Å². The van der Waals surface area contributed by atoms with E-state index in [0.717, 1.165) is 19.4 Å². The molecule has 0 fully saturated rings. The predicted octanol–water partition coefficient (Wildman–Crippen LogP) is 5.12. The van der Waals surface area contributed by atoms with Crippen LogP contribution in [0.5, 0.6) is 0 Å². The largest absolute Gasteiger partial charge is 0.310 e. The zero-order chi connectivity index (χ0) is 14.2. The maximum Gasteiger partial charge on any atom is 0.0331 e. The highest BCUT2D eigenvalue weighted by molar-refractivity contribution is 9.10. The summed E-state index contributed by atoms with van der Waals surface area (Å²) >= 11 is 3.66. The molecule has 1 atom stereocenters. The summed E-state index contributed by atoms with van der Waals surface area (Å²) in [6, 6.07) is 19.7. The summed E-state index contributed by atoms with van der Waals surface area (Å²) in [7, 11) is 0. The fraction of sp³-hybridized carbons (Fsp3) is 0.333. The standard InChI is InChI=1S/C18H22BrN/c1-2-20-18(16-12-6-7-13-17(16)19)14-8-11-15-9-4-3-5-10-15/h3-7,9-10,12-13,18,20H,2,8,11,14H2,1H3. The van der Waals surface area contributed by atoms with Gasteiger partial charge in [-0.25, -0.2) is 0 Å². The maximum absolute atomic E-state index is 3.66. The summed E-state index contributed by atoms with van der Waals surface area (Å²) in [6.07, 6.45) is 3.50. The second-order valence-electron chi connectivity index (χ2n) is 5.01. The quantitative estimate of drug-likeness (QED) is 0.742. The van der Waals surface area contributed by atoms with Crippen LogP contribution in [0.25, 0.3) is 0 Å². The summed E-state index contributed by atoms with van der Waals surface area (Å²) in [5.74, 6) is 0. The number of benzene rings is 2. The molecule has 0 saturated carbocycles. The Morgan fingerprint density at radius 3 is 2.40 bits per heavy atom. The zero-order valence-electron chi connectivity index (χ0n) is 12.0. The third-order valence-corrected chi connectivity index (χ3v) is 4.25. The van der Waals surface area contributed by atoms with Crippen molar-refractivity contribution in [1.29, 1.82) is 0 Å². The van der Waals surface area contributed by atoms with Crippen LogP contribution in [0.4, 0.5) is 0 Å². The normalized spacial score (nSPS) is 12.3. The molecule has 0 spiro atoms. The van der Waals surface area contributed by atoms with Gasteiger partial charge in [-0.1, -0.05) is 71.4 Å². The molecule has 2 aromatic carbocycles. The summed E-state index contributed by atoms with van der Waals surface area (Å²) in [4.78, 5) is 0. The van der Waals surface area contributed by atoms with Crippen LogP contribution in [0.2, 0.25) is 0 Å². The Kier molecular flexibility index (Phi) is 6.28. The third kappa shape index (κ3) is 4.46. The molecule has 0 saturated heterocycles. The lowest BCUT2D eigenvalue weighted by Crippen LogP contribution is -2.21. The van der Waals surface area contributed by atoms with E-state index >= 15 is 0 Å². The lowest BCUT2D eigenvalue weighted by molar-refractivity contribution is 0.496. The fourth-order valence-electron chi connectivity index (χ4n) is 2.53. The molecule has 0 aliphatic carbocycles. The van der Waals surface area contributed by atoms with Crippen molar-refractivity contribution in [2.45, 2.75) is 32.2 Å². The lowest BCUT2D eigenvalue weighted by atomic mass is 9.99. The van der Waals surface area contributed by atoms with Crippen molar-refractivity contribution in [3.05, 3.63) is 70.2 Å². The van der Waals surface area contributed by atoms with Crippen LogP contribution < -0.4 is 5.32 Å². The van der Waals surface area contributed by atoms with Gasteiger partial charge in [-0.2, -0.15) is 0 Å². The van der Waals surface area contributed by atoms with Crippen molar-refractivity contribution in [1.82, 2.24) is 5.32 Å². The van der Waals surface area contributed by atoms with E-state index in [0.29, 0.717) is 6.04 Å². The van der Waals surface area contributed by atoms with Gasteiger partial charge in [0.05, 0.1) is 0 Å². The molecular weight excluding hydrogens is 310 g/mol. The minimum absolute atomic E-state index is 0.430. The summed E-state index contributed by atoms with van der Waals surface area (Å²) in [6.45, 7) is 3.17. The van der Waals surface area contributed by atoms with Gasteiger partial charge < -0.3 is 5.32 Å². The van der Waals surface area contributed by atoms with Crippen molar-refractivity contribution in [2.75, 3.05) is 6.54 Å². The zero-order valence-corrected chi connectivity index (χ0v) is 13.6. The average molecular weight is 332 g/mol. The van der Waals surface area contributed by atoms with Gasteiger partial charge in [0, 0.05) is 10.5 Å². The highest BCUT2D eigenvalue weighted by atomic mass is 79.9. The Hall–Kier alpha value is -1.12. The third-order valence-electron chi connectivity index (χ3n) is 3.53. The first-order valence-corrected chi connectivity index (χ1v) is 8.12. The van der Waals surface area contributed by atoms with Gasteiger partial charge in [-0.3, -0.25) is 0 Å². The SMILES string of the molecule is CCNC(CCCc1ccccc1)c1ccccc1Br. The molecule has 20 heavy (non-hydrogen) atoms. The molecule has 0 heterocycles. The summed E-state index contributed by atoms with van der Waals surface area (Å²) < 4.78 is 1.20. The minimum Gasteiger partial charge on any atom is -0.310 e. The molecule has 2 heteroatoms. The fourth-order valence-corrected chi connectivity index (χ4v) is 3.09. The Morgan fingerprint density at radius 1 is 1.00 bits per heavy atom. The molecular formula is C18H22BrN. The highest BCUT2D eigenvalue weighted by Crippen LogP contribution is 2.26. The first-order chi connectivity index (χ1) is 9.81. The Balaban J connectivity index is 1.95. The van der Waals surface area contributed by atoms with Gasteiger partial charge >= 0.3 is 0 Å². The number of aryl methyl sites for hydroxylation is 1. The second kappa shape index (κ2) is 8.23. The molecule has 0 aromatic heterocycles. The molecule has 2 aromatic rings. The Labute approximate surface area is 130 Å². The smallest absolute Gasteiger partial charge is 0.0331 e. The predicted molar refractivity (Wildman–Crippen MR) is 89.9 cm³/mol. The van der Waals surface area contributed by atoms with Gasteiger partial charge in [0.25, 0.3) is 0 Å². The van der Waals surface area contributed by atoms with Crippen LogP contribution >= 0.6 is 15.9 Å². The van der Waals surface area contributed by atoms with Gasteiger partial charge in [-0.15, -0.1) is 0 Å². The molecule has 0 bridgehead atoms. The van der Waals surface area contributed by atoms with Crippen molar-refractivity contribution in [3.8, 4) is 0 Å². The van der Waals surface area contributed by atoms with Crippen LogP contribution in [-0.4, -0.2) is 6.54 Å². The number of hydrogen-bond acceptors (Lipinski definition) is 1. The van der Waals surface area contributed by atoms with E-state index < -0.39 is 0 Å². The number of halogens is 1. The van der Waals surface area contributed by atoms with Gasteiger partial charge in [0.2, 0.25) is 0 Å². The highest BCUT2D eigenvalue weighted by Gasteiger charge is 2.12. The topological polar surface area (TPSA) is 12.0 Å². The van der Waals surface area contributed by atoms with Crippen LogP contribution in [0.3, 0.4) is 0 Å². The van der Waals surface area contributed by atoms with Crippen molar-refractivity contribution < 1.29 is 0 Å². The summed E-state index contributed by atoms with van der Waals surface area (Å²) in [5, 5.41) is 3.60. The first kappa shape index (κ1) is 15.3. The summed E-state index contributed by atoms with van der Waals surface area (Å²) in [5.41, 5.74) is 2.79. The maximum atomic E-state index is 3.66. The Bertz CT molecular complexity index is 510. The first-order valence-electron chi connectivity index (χ1n) is 7.33. The molecule has 0 amide bonds. The molecule has 0 aliphatic rings. The average Bonchev–Trinajstić information content (AvgIpc) is 2.48.